The first kappa shape index (κ1) is 11.5. The largest absolute Gasteiger partial charge is 0.207 e. The molecule has 1 saturated carbocycles. The van der Waals surface area contributed by atoms with Crippen molar-refractivity contribution in [3.63, 3.8) is 0 Å². The van der Waals surface area contributed by atoms with Crippen LogP contribution >= 0.6 is 11.8 Å². The van der Waals surface area contributed by atoms with E-state index in [1.165, 1.54) is 37.8 Å². The first-order valence-corrected chi connectivity index (χ1v) is 6.64. The highest BCUT2D eigenvalue weighted by molar-refractivity contribution is 7.99. The van der Waals surface area contributed by atoms with Gasteiger partial charge in [0, 0.05) is 11.0 Å². The third kappa shape index (κ3) is 2.76. The van der Waals surface area contributed by atoms with Crippen LogP contribution in [0, 0.1) is 17.1 Å². The predicted octanol–water partition coefficient (Wildman–Crippen LogP) is 3.87. The van der Waals surface area contributed by atoms with Crippen molar-refractivity contribution >= 4 is 11.8 Å². The Hall–Kier alpha value is -1.01. The van der Waals surface area contributed by atoms with Crippen molar-refractivity contribution in [2.45, 2.75) is 36.7 Å². The molecule has 0 bridgehead atoms. The summed E-state index contributed by atoms with van der Waals surface area (Å²) in [7, 11) is 0. The Balaban J connectivity index is 2.00. The molecule has 0 spiro atoms. The number of nitriles is 1. The standard InChI is InChI=1S/C13H14FNS/c14-13-6-5-10(8-15)7-11(13)9-16-12-3-1-2-4-12/h5-7,12H,1-4,9H2. The molecule has 0 N–H and O–H groups in total. The van der Waals surface area contributed by atoms with E-state index in [4.69, 9.17) is 5.26 Å². The molecule has 0 aliphatic heterocycles. The van der Waals surface area contributed by atoms with Crippen molar-refractivity contribution in [2.24, 2.45) is 0 Å². The van der Waals surface area contributed by atoms with Crippen molar-refractivity contribution < 1.29 is 4.39 Å². The van der Waals surface area contributed by atoms with Crippen molar-refractivity contribution in [1.29, 1.82) is 5.26 Å². The number of nitrogens with zero attached hydrogens (tertiary/aromatic N) is 1. The summed E-state index contributed by atoms with van der Waals surface area (Å²) in [6.45, 7) is 0. The van der Waals surface area contributed by atoms with E-state index in [-0.39, 0.29) is 5.82 Å². The molecule has 0 radical (unpaired) electrons. The van der Waals surface area contributed by atoms with Crippen molar-refractivity contribution in [1.82, 2.24) is 0 Å². The van der Waals surface area contributed by atoms with Gasteiger partial charge in [0.15, 0.2) is 0 Å². The molecular formula is C13H14FNS. The number of thioether (sulfide) groups is 1. The third-order valence-electron chi connectivity index (χ3n) is 2.95. The third-order valence-corrected chi connectivity index (χ3v) is 4.37. The summed E-state index contributed by atoms with van der Waals surface area (Å²) in [5.74, 6) is 0.496. The lowest BCUT2D eigenvalue weighted by Gasteiger charge is -2.09. The van der Waals surface area contributed by atoms with Crippen LogP contribution in [-0.4, -0.2) is 5.25 Å². The average Bonchev–Trinajstić information content (AvgIpc) is 2.81. The average molecular weight is 235 g/mol. The van der Waals surface area contributed by atoms with Crippen LogP contribution in [0.15, 0.2) is 18.2 Å². The van der Waals surface area contributed by atoms with E-state index < -0.39 is 0 Å². The van der Waals surface area contributed by atoms with Crippen LogP contribution in [0.4, 0.5) is 4.39 Å². The zero-order valence-corrected chi connectivity index (χ0v) is 9.89. The van der Waals surface area contributed by atoms with Gasteiger partial charge in [0.05, 0.1) is 11.6 Å². The molecule has 0 unspecified atom stereocenters. The molecule has 1 aromatic carbocycles. The molecule has 1 aliphatic carbocycles. The molecule has 0 aromatic heterocycles. The summed E-state index contributed by atoms with van der Waals surface area (Å²) in [4.78, 5) is 0. The van der Waals surface area contributed by atoms with E-state index in [1.54, 1.807) is 6.07 Å². The van der Waals surface area contributed by atoms with Crippen molar-refractivity contribution in [2.75, 3.05) is 0 Å². The lowest BCUT2D eigenvalue weighted by atomic mass is 10.1. The molecule has 84 valence electrons. The smallest absolute Gasteiger partial charge is 0.127 e. The highest BCUT2D eigenvalue weighted by atomic mass is 32.2. The molecule has 0 amide bonds. The normalized spacial score (nSPS) is 16.2. The van der Waals surface area contributed by atoms with Crippen molar-refractivity contribution in [3.8, 4) is 6.07 Å². The Bertz CT molecular complexity index is 405. The molecule has 1 aliphatic rings. The van der Waals surface area contributed by atoms with E-state index in [2.05, 4.69) is 0 Å². The van der Waals surface area contributed by atoms with E-state index in [9.17, 15) is 4.39 Å². The summed E-state index contributed by atoms with van der Waals surface area (Å²) in [6.07, 6.45) is 5.12. The Labute approximate surface area is 99.7 Å². The minimum Gasteiger partial charge on any atom is -0.207 e. The lowest BCUT2D eigenvalue weighted by Crippen LogP contribution is -1.97. The van der Waals surface area contributed by atoms with Gasteiger partial charge in [0.25, 0.3) is 0 Å². The number of hydrogen-bond donors (Lipinski definition) is 0. The van der Waals surface area contributed by atoms with E-state index in [0.29, 0.717) is 22.1 Å². The molecule has 0 saturated heterocycles. The van der Waals surface area contributed by atoms with Gasteiger partial charge < -0.3 is 0 Å². The zero-order chi connectivity index (χ0) is 11.4. The monoisotopic (exact) mass is 235 g/mol. The highest BCUT2D eigenvalue weighted by Gasteiger charge is 2.16. The topological polar surface area (TPSA) is 23.8 Å². The van der Waals surface area contributed by atoms with Crippen LogP contribution in [0.2, 0.25) is 0 Å². The molecule has 1 nitrogen and oxygen atoms in total. The van der Waals surface area contributed by atoms with Gasteiger partial charge in [-0.3, -0.25) is 0 Å². The van der Waals surface area contributed by atoms with Gasteiger partial charge in [0.1, 0.15) is 5.82 Å². The van der Waals surface area contributed by atoms with Crippen LogP contribution in [0.3, 0.4) is 0 Å². The van der Waals surface area contributed by atoms with Gasteiger partial charge >= 0.3 is 0 Å². The van der Waals surface area contributed by atoms with Gasteiger partial charge in [-0.15, -0.1) is 0 Å². The first-order chi connectivity index (χ1) is 7.79. The fourth-order valence-electron chi connectivity index (χ4n) is 2.02. The highest BCUT2D eigenvalue weighted by Crippen LogP contribution is 2.32. The van der Waals surface area contributed by atoms with Gasteiger partial charge in [0.2, 0.25) is 0 Å². The first-order valence-electron chi connectivity index (χ1n) is 5.60. The molecule has 1 aromatic rings. The molecule has 2 rings (SSSR count). The maximum absolute atomic E-state index is 13.5. The van der Waals surface area contributed by atoms with Crippen LogP contribution in [0.5, 0.6) is 0 Å². The summed E-state index contributed by atoms with van der Waals surface area (Å²) >= 11 is 1.82. The number of hydrogen-bond acceptors (Lipinski definition) is 2. The lowest BCUT2D eigenvalue weighted by molar-refractivity contribution is 0.617. The van der Waals surface area contributed by atoms with E-state index >= 15 is 0 Å². The number of halogens is 1. The quantitative estimate of drug-likeness (QED) is 0.794. The molecule has 0 atom stereocenters. The maximum Gasteiger partial charge on any atom is 0.127 e. The Morgan fingerprint density at radius 1 is 1.38 bits per heavy atom. The second-order valence-electron chi connectivity index (χ2n) is 4.14. The molecule has 16 heavy (non-hydrogen) atoms. The van der Waals surface area contributed by atoms with Crippen LogP contribution < -0.4 is 0 Å². The molecule has 3 heteroatoms. The fourth-order valence-corrected chi connectivity index (χ4v) is 3.32. The van der Waals surface area contributed by atoms with Gasteiger partial charge in [-0.2, -0.15) is 17.0 Å². The Morgan fingerprint density at radius 3 is 2.81 bits per heavy atom. The van der Waals surface area contributed by atoms with Crippen molar-refractivity contribution in [3.05, 3.63) is 35.1 Å². The van der Waals surface area contributed by atoms with E-state index in [1.807, 2.05) is 17.8 Å². The second-order valence-corrected chi connectivity index (χ2v) is 5.42. The zero-order valence-electron chi connectivity index (χ0n) is 9.08. The Kier molecular flexibility index (Phi) is 3.84. The maximum atomic E-state index is 13.5. The van der Waals surface area contributed by atoms with Crippen LogP contribution in [0.1, 0.15) is 36.8 Å². The van der Waals surface area contributed by atoms with E-state index in [0.717, 1.165) is 0 Å². The summed E-state index contributed by atoms with van der Waals surface area (Å²) in [5.41, 5.74) is 1.21. The fraction of sp³-hybridized carbons (Fsp3) is 0.462. The molecule has 0 heterocycles. The minimum atomic E-state index is -0.190. The van der Waals surface area contributed by atoms with Crippen LogP contribution in [-0.2, 0) is 5.75 Å². The number of rotatable bonds is 3. The summed E-state index contributed by atoms with van der Waals surface area (Å²) < 4.78 is 13.5. The predicted molar refractivity (Wildman–Crippen MR) is 64.7 cm³/mol. The van der Waals surface area contributed by atoms with Crippen LogP contribution in [0.25, 0.3) is 0 Å². The van der Waals surface area contributed by atoms with Gasteiger partial charge in [-0.25, -0.2) is 4.39 Å². The van der Waals surface area contributed by atoms with Gasteiger partial charge in [-0.1, -0.05) is 12.8 Å². The van der Waals surface area contributed by atoms with Gasteiger partial charge in [-0.05, 0) is 36.6 Å². The second kappa shape index (κ2) is 5.36. The SMILES string of the molecule is N#Cc1ccc(F)c(CSC2CCCC2)c1. The summed E-state index contributed by atoms with van der Waals surface area (Å²) in [5, 5.41) is 9.44. The molecular weight excluding hydrogens is 221 g/mol. The molecule has 1 fully saturated rings. The summed E-state index contributed by atoms with van der Waals surface area (Å²) in [6, 6.07) is 6.63. The number of benzene rings is 1. The minimum absolute atomic E-state index is 0.190. The Morgan fingerprint density at radius 2 is 2.12 bits per heavy atom.